The van der Waals surface area contributed by atoms with Crippen molar-refractivity contribution in [1.82, 2.24) is 0 Å². The molecule has 7 heteroatoms. The van der Waals surface area contributed by atoms with Gasteiger partial charge in [-0.2, -0.15) is 8.78 Å². The molecule has 0 atom stereocenters. The first kappa shape index (κ1) is 20.1. The summed E-state index contributed by atoms with van der Waals surface area (Å²) in [6, 6.07) is 0.868. The SMILES string of the molecule is O=CC1CCC(C2CCC(C(F)(F)Oc3cc(F)c(F)c(F)c3)CC2)CC1.[HH].[HH]. The molecule has 154 valence electrons. The van der Waals surface area contributed by atoms with Gasteiger partial charge in [0.15, 0.2) is 17.5 Å². The van der Waals surface area contributed by atoms with E-state index in [9.17, 15) is 26.7 Å². The summed E-state index contributed by atoms with van der Waals surface area (Å²) in [5.41, 5.74) is 0. The van der Waals surface area contributed by atoms with E-state index in [4.69, 9.17) is 0 Å². The topological polar surface area (TPSA) is 26.3 Å². The number of hydrogen-bond acceptors (Lipinski definition) is 2. The number of carbonyl (C=O) groups is 1. The second kappa shape index (κ2) is 8.15. The molecule has 0 amide bonds. The summed E-state index contributed by atoms with van der Waals surface area (Å²) in [6.45, 7) is 0. The van der Waals surface area contributed by atoms with Crippen molar-refractivity contribution in [2.24, 2.45) is 23.7 Å². The minimum absolute atomic E-state index is 0. The second-order valence-corrected chi connectivity index (χ2v) is 7.79. The Labute approximate surface area is 158 Å². The molecule has 0 bridgehead atoms. The molecule has 1 aromatic carbocycles. The van der Waals surface area contributed by atoms with Crippen molar-refractivity contribution in [3.8, 4) is 5.75 Å². The van der Waals surface area contributed by atoms with Crippen LogP contribution in [0.25, 0.3) is 0 Å². The Balaban J connectivity index is 0.00000210. The third-order valence-corrected chi connectivity index (χ3v) is 6.13. The minimum Gasteiger partial charge on any atom is -0.432 e. The highest BCUT2D eigenvalue weighted by Crippen LogP contribution is 2.45. The van der Waals surface area contributed by atoms with Gasteiger partial charge in [0.05, 0.1) is 5.92 Å². The molecule has 3 rings (SSSR count). The van der Waals surface area contributed by atoms with Gasteiger partial charge in [0.1, 0.15) is 12.0 Å². The average molecular weight is 394 g/mol. The molecule has 0 unspecified atom stereocenters. The first-order valence-electron chi connectivity index (χ1n) is 9.46. The monoisotopic (exact) mass is 394 g/mol. The van der Waals surface area contributed by atoms with Crippen LogP contribution >= 0.6 is 0 Å². The Morgan fingerprint density at radius 3 is 1.85 bits per heavy atom. The molecule has 1 aromatic rings. The first-order valence-corrected chi connectivity index (χ1v) is 9.46. The molecule has 2 aliphatic carbocycles. The van der Waals surface area contributed by atoms with Crippen molar-refractivity contribution in [1.29, 1.82) is 0 Å². The van der Waals surface area contributed by atoms with Crippen LogP contribution in [0.3, 0.4) is 0 Å². The van der Waals surface area contributed by atoms with Crippen LogP contribution in [0.4, 0.5) is 22.0 Å². The standard InChI is InChI=1S/C20H23F5O2.2H2/c21-17-9-16(10-18(22)19(17)23)27-20(24,25)15-7-5-14(6-8-15)13-3-1-12(11-26)2-4-13;;/h9-15H,1-8H2;2*1H. The molecule has 2 nitrogen and oxygen atoms in total. The number of alkyl halides is 2. The molecule has 0 heterocycles. The number of ether oxygens (including phenoxy) is 1. The summed E-state index contributed by atoms with van der Waals surface area (Å²) in [7, 11) is 0. The predicted molar refractivity (Wildman–Crippen MR) is 93.1 cm³/mol. The molecule has 27 heavy (non-hydrogen) atoms. The van der Waals surface area contributed by atoms with Crippen LogP contribution in [0.2, 0.25) is 0 Å². The highest BCUT2D eigenvalue weighted by Gasteiger charge is 2.45. The summed E-state index contributed by atoms with van der Waals surface area (Å²) in [4.78, 5) is 10.8. The van der Waals surface area contributed by atoms with Crippen LogP contribution in [0.15, 0.2) is 12.1 Å². The molecule has 2 aliphatic rings. The molecule has 2 saturated carbocycles. The van der Waals surface area contributed by atoms with E-state index in [0.29, 0.717) is 36.8 Å². The van der Waals surface area contributed by atoms with Gasteiger partial charge in [-0.25, -0.2) is 13.2 Å². The minimum atomic E-state index is -3.57. The summed E-state index contributed by atoms with van der Waals surface area (Å²) in [5.74, 6) is -5.63. The van der Waals surface area contributed by atoms with Crippen molar-refractivity contribution in [2.45, 2.75) is 57.5 Å². The Kier molecular flexibility index (Phi) is 6.06. The molecule has 0 N–H and O–H groups in total. The zero-order valence-electron chi connectivity index (χ0n) is 14.9. The van der Waals surface area contributed by atoms with E-state index in [-0.39, 0.29) is 21.6 Å². The summed E-state index contributed by atoms with van der Waals surface area (Å²) in [5, 5.41) is 0. The zero-order valence-corrected chi connectivity index (χ0v) is 14.9. The fourth-order valence-electron chi connectivity index (χ4n) is 4.51. The Bertz CT molecular complexity index is 650. The van der Waals surface area contributed by atoms with Crippen molar-refractivity contribution >= 4 is 6.29 Å². The zero-order chi connectivity index (χ0) is 19.6. The molecule has 2 fully saturated rings. The fraction of sp³-hybridized carbons (Fsp3) is 0.650. The van der Waals surface area contributed by atoms with E-state index < -0.39 is 35.2 Å². The maximum atomic E-state index is 14.4. The lowest BCUT2D eigenvalue weighted by Crippen LogP contribution is -2.38. The lowest BCUT2D eigenvalue weighted by molar-refractivity contribution is -0.224. The number of aldehydes is 1. The molecule has 0 spiro atoms. The van der Waals surface area contributed by atoms with Gasteiger partial charge in [-0.1, -0.05) is 0 Å². The number of benzene rings is 1. The van der Waals surface area contributed by atoms with E-state index in [0.717, 1.165) is 32.0 Å². The highest BCUT2D eigenvalue weighted by atomic mass is 19.3. The molecular formula is C20H27F5O2. The maximum absolute atomic E-state index is 14.4. The van der Waals surface area contributed by atoms with Crippen LogP contribution in [-0.4, -0.2) is 12.4 Å². The lowest BCUT2D eigenvalue weighted by Gasteiger charge is -2.38. The Morgan fingerprint density at radius 2 is 1.37 bits per heavy atom. The second-order valence-electron chi connectivity index (χ2n) is 7.79. The summed E-state index contributed by atoms with van der Waals surface area (Å²) in [6.07, 6.45) is 2.90. The van der Waals surface area contributed by atoms with E-state index >= 15 is 0 Å². The number of rotatable bonds is 5. The maximum Gasteiger partial charge on any atom is 0.400 e. The van der Waals surface area contributed by atoms with Gasteiger partial charge < -0.3 is 9.53 Å². The molecule has 0 radical (unpaired) electrons. The van der Waals surface area contributed by atoms with Crippen LogP contribution in [0, 0.1) is 41.1 Å². The van der Waals surface area contributed by atoms with Crippen LogP contribution in [0.1, 0.15) is 54.2 Å². The van der Waals surface area contributed by atoms with Crippen molar-refractivity contribution in [3.63, 3.8) is 0 Å². The third-order valence-electron chi connectivity index (χ3n) is 6.13. The van der Waals surface area contributed by atoms with Gasteiger partial charge in [-0.3, -0.25) is 0 Å². The first-order chi connectivity index (χ1) is 12.8. The van der Waals surface area contributed by atoms with E-state index in [1.165, 1.54) is 0 Å². The van der Waals surface area contributed by atoms with Gasteiger partial charge in [0.2, 0.25) is 0 Å². The third kappa shape index (κ3) is 4.61. The molecule has 0 aliphatic heterocycles. The van der Waals surface area contributed by atoms with Gasteiger partial charge in [0, 0.05) is 20.9 Å². The van der Waals surface area contributed by atoms with Crippen LogP contribution in [0.5, 0.6) is 5.75 Å². The molecule has 0 saturated heterocycles. The Morgan fingerprint density at radius 1 is 0.889 bits per heavy atom. The number of hydrogen-bond donors (Lipinski definition) is 0. The van der Waals surface area contributed by atoms with Gasteiger partial charge in [-0.05, 0) is 63.2 Å². The van der Waals surface area contributed by atoms with E-state index in [1.54, 1.807) is 0 Å². The summed E-state index contributed by atoms with van der Waals surface area (Å²) < 4.78 is 72.8. The van der Waals surface area contributed by atoms with Crippen LogP contribution < -0.4 is 4.74 Å². The van der Waals surface area contributed by atoms with Gasteiger partial charge >= 0.3 is 6.11 Å². The Hall–Kier alpha value is -1.66. The molecule has 0 aromatic heterocycles. The van der Waals surface area contributed by atoms with Crippen molar-refractivity contribution in [2.75, 3.05) is 0 Å². The van der Waals surface area contributed by atoms with Gasteiger partial charge in [0.25, 0.3) is 0 Å². The quantitative estimate of drug-likeness (QED) is 0.329. The van der Waals surface area contributed by atoms with Gasteiger partial charge in [-0.15, -0.1) is 0 Å². The predicted octanol–water partition coefficient (Wildman–Crippen LogP) is 6.38. The smallest absolute Gasteiger partial charge is 0.400 e. The van der Waals surface area contributed by atoms with E-state index in [1.807, 2.05) is 0 Å². The highest BCUT2D eigenvalue weighted by molar-refractivity contribution is 5.53. The van der Waals surface area contributed by atoms with E-state index in [2.05, 4.69) is 4.74 Å². The summed E-state index contributed by atoms with van der Waals surface area (Å²) >= 11 is 0. The average Bonchev–Trinajstić information content (AvgIpc) is 2.66. The molecular weight excluding hydrogens is 367 g/mol. The van der Waals surface area contributed by atoms with Crippen LogP contribution in [-0.2, 0) is 4.79 Å². The largest absolute Gasteiger partial charge is 0.432 e. The normalized spacial score (nSPS) is 29.4. The lowest BCUT2D eigenvalue weighted by atomic mass is 9.69. The van der Waals surface area contributed by atoms with Crippen molar-refractivity contribution < 1.29 is 34.3 Å². The number of halogens is 5. The fourth-order valence-corrected chi connectivity index (χ4v) is 4.51. The van der Waals surface area contributed by atoms with Crippen molar-refractivity contribution in [3.05, 3.63) is 29.6 Å². The number of carbonyl (C=O) groups excluding carboxylic acids is 1.